The molecule has 5 aromatic rings. The zero-order chi connectivity index (χ0) is 46.6. The Bertz CT molecular complexity index is 2480. The number of imidazole rings is 1. The van der Waals surface area contributed by atoms with E-state index >= 15 is 4.39 Å². The average Bonchev–Trinajstić information content (AvgIpc) is 3.81. The second-order valence-corrected chi connectivity index (χ2v) is 16.3. The molecule has 1 amide bonds. The Morgan fingerprint density at radius 1 is 0.908 bits per heavy atom. The molecule has 1 aliphatic heterocycles. The fourth-order valence-corrected chi connectivity index (χ4v) is 8.19. The molecule has 0 aliphatic carbocycles. The summed E-state index contributed by atoms with van der Waals surface area (Å²) in [5, 5.41) is 5.05. The number of nitrogen functional groups attached to an aromatic ring is 1. The first kappa shape index (κ1) is 47.8. The predicted molar refractivity (Wildman–Crippen MR) is 230 cm³/mol. The molecule has 2 aromatic heterocycles. The number of nitrogens with two attached hydrogens (primary N) is 1. The monoisotopic (exact) mass is 921 g/mol. The molecule has 0 spiro atoms. The Balaban J connectivity index is 1.29. The van der Waals surface area contributed by atoms with Gasteiger partial charge >= 0.3 is 31.9 Å². The number of hydrogen-bond donors (Lipinski definition) is 3. The highest BCUT2D eigenvalue weighted by Gasteiger charge is 2.59. The summed E-state index contributed by atoms with van der Waals surface area (Å²) < 4.78 is 78.0. The molecule has 0 radical (unpaired) electrons. The summed E-state index contributed by atoms with van der Waals surface area (Å²) in [6.07, 6.45) is -6.06. The number of fused-ring (bicyclic) bond motifs is 1. The highest BCUT2D eigenvalue weighted by Crippen LogP contribution is 2.49. The van der Waals surface area contributed by atoms with Gasteiger partial charge in [0.2, 0.25) is 5.95 Å². The minimum Gasteiger partial charge on any atom is -0.466 e. The number of carbonyl (C=O) groups is 4. The molecule has 3 heterocycles. The van der Waals surface area contributed by atoms with Gasteiger partial charge in [-0.1, -0.05) is 78.9 Å². The Labute approximate surface area is 372 Å². The first-order chi connectivity index (χ1) is 31.2. The maximum atomic E-state index is 17.6. The number of hydrogen-bond acceptors (Lipinski definition) is 17. The van der Waals surface area contributed by atoms with Crippen molar-refractivity contribution in [2.24, 2.45) is 0 Å². The molecular weight excluding hydrogens is 872 g/mol. The predicted octanol–water partition coefficient (Wildman–Crippen LogP) is 6.75. The van der Waals surface area contributed by atoms with Gasteiger partial charge in [0.15, 0.2) is 35.0 Å². The van der Waals surface area contributed by atoms with Crippen LogP contribution in [-0.4, -0.2) is 87.4 Å². The molecular formula is C43H49FN7O13P. The number of para-hydroxylation sites is 1. The van der Waals surface area contributed by atoms with Gasteiger partial charge in [-0.25, -0.2) is 23.5 Å². The van der Waals surface area contributed by atoms with Crippen LogP contribution in [0.5, 0.6) is 5.75 Å². The number of nitrogens with one attached hydrogen (secondary N) is 2. The number of aromatic nitrogens is 4. The summed E-state index contributed by atoms with van der Waals surface area (Å²) in [5.74, 6) is -1.74. The van der Waals surface area contributed by atoms with Gasteiger partial charge in [-0.3, -0.25) is 24.0 Å². The van der Waals surface area contributed by atoms with Crippen LogP contribution in [0.15, 0.2) is 91.3 Å². The molecule has 0 saturated carbocycles. The number of rotatable bonds is 20. The molecule has 22 heteroatoms. The van der Waals surface area contributed by atoms with Crippen molar-refractivity contribution in [2.45, 2.75) is 83.9 Å². The van der Waals surface area contributed by atoms with Crippen LogP contribution >= 0.6 is 7.75 Å². The quantitative estimate of drug-likeness (QED) is 0.0415. The molecule has 4 N–H and O–H groups in total. The van der Waals surface area contributed by atoms with Gasteiger partial charge in [0.25, 0.3) is 0 Å². The van der Waals surface area contributed by atoms with E-state index in [1.807, 2.05) is 6.07 Å². The number of esters is 2. The molecule has 20 nitrogen and oxygen atoms in total. The number of ether oxygens (including phenoxy) is 6. The lowest BCUT2D eigenvalue weighted by Gasteiger charge is -2.28. The van der Waals surface area contributed by atoms with E-state index in [9.17, 15) is 23.7 Å². The smallest absolute Gasteiger partial charge is 0.466 e. The van der Waals surface area contributed by atoms with Crippen molar-refractivity contribution in [3.05, 3.63) is 108 Å². The topological polar surface area (TPSA) is 253 Å². The number of amides is 1. The number of carbonyl (C=O) groups excluding carboxylic acids is 4. The molecule has 0 bridgehead atoms. The van der Waals surface area contributed by atoms with E-state index in [1.165, 1.54) is 13.0 Å². The molecule has 65 heavy (non-hydrogen) atoms. The molecule has 3 aromatic carbocycles. The Morgan fingerprint density at radius 2 is 1.55 bits per heavy atom. The molecule has 1 fully saturated rings. The highest BCUT2D eigenvalue weighted by atomic mass is 31.2. The van der Waals surface area contributed by atoms with Crippen LogP contribution in [0.1, 0.15) is 57.0 Å². The SMILES string of the molecule is CCOC(=O)CCc1ccccc1O[P@](=O)(NC(C)C(=O)OCC)OC[C@H]1O[C@@H](n2cnc3c(NC(=O)OCc4ccccc4)nc(N)nc32)[C@](C)(F)[C@@H]1OC(=O)OCc1ccccc1. The minimum absolute atomic E-state index is 0.00867. The van der Waals surface area contributed by atoms with Crippen molar-refractivity contribution >= 4 is 54.9 Å². The van der Waals surface area contributed by atoms with Crippen LogP contribution in [0.4, 0.5) is 25.7 Å². The van der Waals surface area contributed by atoms with Crippen LogP contribution in [0.3, 0.4) is 0 Å². The van der Waals surface area contributed by atoms with Gasteiger partial charge in [-0.05, 0) is 56.9 Å². The summed E-state index contributed by atoms with van der Waals surface area (Å²) in [6, 6.07) is 22.7. The number of alkyl halides is 1. The lowest BCUT2D eigenvalue weighted by atomic mass is 9.98. The number of aryl methyl sites for hydroxylation is 1. The van der Waals surface area contributed by atoms with Crippen molar-refractivity contribution in [1.82, 2.24) is 24.6 Å². The number of nitrogens with zero attached hydrogens (tertiary/aromatic N) is 4. The van der Waals surface area contributed by atoms with Gasteiger partial charge < -0.3 is 38.7 Å². The third-order valence-corrected chi connectivity index (χ3v) is 11.4. The maximum Gasteiger partial charge on any atom is 0.509 e. The van der Waals surface area contributed by atoms with Crippen molar-refractivity contribution < 1.29 is 65.6 Å². The first-order valence-corrected chi connectivity index (χ1v) is 22.1. The molecule has 1 unspecified atom stereocenters. The summed E-state index contributed by atoms with van der Waals surface area (Å²) in [7, 11) is -4.69. The van der Waals surface area contributed by atoms with Crippen LogP contribution in [0, 0.1) is 0 Å². The Hall–Kier alpha value is -6.67. The van der Waals surface area contributed by atoms with Crippen molar-refractivity contribution in [3.63, 3.8) is 0 Å². The summed E-state index contributed by atoms with van der Waals surface area (Å²) in [6.45, 7) is 4.83. The van der Waals surface area contributed by atoms with Gasteiger partial charge in [-0.15, -0.1) is 0 Å². The van der Waals surface area contributed by atoms with Gasteiger partial charge in [0, 0.05) is 6.42 Å². The fourth-order valence-electron chi connectivity index (χ4n) is 6.65. The lowest BCUT2D eigenvalue weighted by Crippen LogP contribution is -2.44. The number of halogens is 1. The summed E-state index contributed by atoms with van der Waals surface area (Å²) in [4.78, 5) is 63.7. The number of anilines is 2. The molecule has 346 valence electrons. The molecule has 1 aliphatic rings. The van der Waals surface area contributed by atoms with Gasteiger partial charge in [0.1, 0.15) is 31.1 Å². The zero-order valence-electron chi connectivity index (χ0n) is 35.9. The van der Waals surface area contributed by atoms with Crippen molar-refractivity contribution in [2.75, 3.05) is 30.9 Å². The van der Waals surface area contributed by atoms with Crippen molar-refractivity contribution in [3.8, 4) is 5.75 Å². The Morgan fingerprint density at radius 3 is 2.23 bits per heavy atom. The molecule has 6 atom stereocenters. The maximum absolute atomic E-state index is 17.6. The second kappa shape index (κ2) is 21.8. The summed E-state index contributed by atoms with van der Waals surface area (Å²) in [5.41, 5.74) is 5.04. The average molecular weight is 922 g/mol. The van der Waals surface area contributed by atoms with Gasteiger partial charge in [0.05, 0.1) is 26.1 Å². The Kier molecular flexibility index (Phi) is 16.0. The van der Waals surface area contributed by atoms with Crippen LogP contribution in [0.2, 0.25) is 0 Å². The lowest BCUT2D eigenvalue weighted by molar-refractivity contribution is -0.145. The third kappa shape index (κ3) is 12.5. The number of benzene rings is 3. The van der Waals surface area contributed by atoms with E-state index in [0.29, 0.717) is 11.1 Å². The molecule has 6 rings (SSSR count). The normalized spacial score (nSPS) is 19.4. The minimum atomic E-state index is -4.69. The highest BCUT2D eigenvalue weighted by molar-refractivity contribution is 7.52. The van der Waals surface area contributed by atoms with E-state index in [4.69, 9.17) is 43.2 Å². The van der Waals surface area contributed by atoms with Crippen molar-refractivity contribution in [1.29, 1.82) is 0 Å². The van der Waals surface area contributed by atoms with Crippen LogP contribution < -0.4 is 20.7 Å². The van der Waals surface area contributed by atoms with Crippen LogP contribution in [0.25, 0.3) is 11.2 Å². The fraction of sp³-hybridized carbons (Fsp3) is 0.372. The largest absolute Gasteiger partial charge is 0.509 e. The summed E-state index contributed by atoms with van der Waals surface area (Å²) >= 11 is 0. The van der Waals surface area contributed by atoms with E-state index in [0.717, 1.165) is 23.4 Å². The zero-order valence-corrected chi connectivity index (χ0v) is 36.8. The van der Waals surface area contributed by atoms with E-state index in [-0.39, 0.29) is 67.9 Å². The van der Waals surface area contributed by atoms with Crippen LogP contribution in [-0.2, 0) is 66.7 Å². The van der Waals surface area contributed by atoms with E-state index in [1.54, 1.807) is 86.6 Å². The second-order valence-electron chi connectivity index (χ2n) is 14.6. The first-order valence-electron chi connectivity index (χ1n) is 20.5. The van der Waals surface area contributed by atoms with E-state index in [2.05, 4.69) is 25.4 Å². The van der Waals surface area contributed by atoms with E-state index < -0.39 is 68.7 Å². The third-order valence-electron chi connectivity index (χ3n) is 9.72. The molecule has 1 saturated heterocycles. The van der Waals surface area contributed by atoms with Gasteiger partial charge in [-0.2, -0.15) is 15.1 Å². The standard InChI is InChI=1S/C43H49FN7O13P/c1-5-57-33(52)22-21-30-19-13-14-20-31(30)64-65(56,50-27(3)38(53)58-6-2)61-25-32-35(63-42(55)60-24-29-17-11-8-12-18-29)43(4,44)39(62-32)51-26-46-34-36(47-40(45)49-37(34)51)48-41(54)59-23-28-15-9-7-10-16-28/h7-20,26-27,32,35,39H,5-6,21-25H2,1-4H3,(H,50,56)(H3,45,47,48,49,54)/t27?,32-,35-,39-,43-,65+/m1/s1.